The Morgan fingerprint density at radius 3 is 2.86 bits per heavy atom. The molecule has 1 atom stereocenters. The third-order valence-corrected chi connectivity index (χ3v) is 2.68. The van der Waals surface area contributed by atoms with Crippen molar-refractivity contribution in [1.29, 1.82) is 0 Å². The van der Waals surface area contributed by atoms with Crippen LogP contribution in [0.15, 0.2) is 22.6 Å². The maximum Gasteiger partial charge on any atom is 0.330 e. The van der Waals surface area contributed by atoms with Gasteiger partial charge in [0, 0.05) is 11.6 Å². The second-order valence-electron chi connectivity index (χ2n) is 4.13. The van der Waals surface area contributed by atoms with Gasteiger partial charge in [0.1, 0.15) is 0 Å². The summed E-state index contributed by atoms with van der Waals surface area (Å²) in [4.78, 5) is 21.2. The number of aliphatic carboxylic acids is 1. The van der Waals surface area contributed by atoms with Crippen LogP contribution in [-0.2, 0) is 4.79 Å². The maximum atomic E-state index is 11.0. The highest BCUT2D eigenvalue weighted by molar-refractivity contribution is 5.73. The van der Waals surface area contributed by atoms with Crippen LogP contribution >= 0.6 is 0 Å². The van der Waals surface area contributed by atoms with E-state index in [1.807, 2.05) is 0 Å². The molecule has 1 unspecified atom stereocenters. The third-order valence-electron chi connectivity index (χ3n) is 2.68. The number of ether oxygens (including phenoxy) is 1. The lowest BCUT2D eigenvalue weighted by Gasteiger charge is -2.04. The van der Waals surface area contributed by atoms with Crippen LogP contribution in [0.4, 0.5) is 5.69 Å². The number of aromatic nitrogens is 2. The Hall–Kier alpha value is -3.01. The second-order valence-corrected chi connectivity index (χ2v) is 4.13. The lowest BCUT2D eigenvalue weighted by molar-refractivity contribution is -0.385. The van der Waals surface area contributed by atoms with Gasteiger partial charge in [-0.1, -0.05) is 0 Å². The number of carboxylic acid groups (broad SMARTS) is 1. The molecule has 1 aromatic carbocycles. The van der Waals surface area contributed by atoms with Crippen molar-refractivity contribution in [3.05, 3.63) is 34.2 Å². The van der Waals surface area contributed by atoms with Crippen LogP contribution in [0.2, 0.25) is 0 Å². The molecule has 0 saturated carbocycles. The quantitative estimate of drug-likeness (QED) is 0.589. The van der Waals surface area contributed by atoms with Crippen molar-refractivity contribution >= 4 is 11.7 Å². The standard InChI is InChI=1S/C12H12N4O6/c1-2-21-8-4-3-6(5-7(8)16(19)20)10-14-15-11(22-10)9(13)12(17)18/h3-5,9H,2,13H2,1H3,(H,17,18). The average Bonchev–Trinajstić information content (AvgIpc) is 2.96. The first kappa shape index (κ1) is 15.4. The van der Waals surface area contributed by atoms with Crippen molar-refractivity contribution in [1.82, 2.24) is 10.2 Å². The van der Waals surface area contributed by atoms with Crippen LogP contribution in [0.1, 0.15) is 18.9 Å². The number of carboxylic acids is 1. The van der Waals surface area contributed by atoms with Crippen molar-refractivity contribution < 1.29 is 24.0 Å². The molecule has 116 valence electrons. The van der Waals surface area contributed by atoms with Gasteiger partial charge < -0.3 is 20.0 Å². The zero-order valence-corrected chi connectivity index (χ0v) is 11.4. The molecule has 10 nitrogen and oxygen atoms in total. The molecular formula is C12H12N4O6. The van der Waals surface area contributed by atoms with E-state index in [0.29, 0.717) is 0 Å². The van der Waals surface area contributed by atoms with E-state index in [0.717, 1.165) is 0 Å². The average molecular weight is 308 g/mol. The molecule has 0 aliphatic rings. The SMILES string of the molecule is CCOc1ccc(-c2nnc(C(N)C(=O)O)o2)cc1[N+](=O)[O-]. The Balaban J connectivity index is 2.39. The molecule has 2 rings (SSSR count). The lowest BCUT2D eigenvalue weighted by Crippen LogP contribution is -2.20. The van der Waals surface area contributed by atoms with Gasteiger partial charge in [-0.05, 0) is 19.1 Å². The Morgan fingerprint density at radius 1 is 1.55 bits per heavy atom. The summed E-state index contributed by atoms with van der Waals surface area (Å²) in [5.74, 6) is -1.58. The van der Waals surface area contributed by atoms with Gasteiger partial charge in [-0.15, -0.1) is 10.2 Å². The van der Waals surface area contributed by atoms with Gasteiger partial charge in [-0.25, -0.2) is 4.79 Å². The molecule has 0 bridgehead atoms. The van der Waals surface area contributed by atoms with E-state index < -0.39 is 16.9 Å². The van der Waals surface area contributed by atoms with E-state index in [1.54, 1.807) is 6.92 Å². The molecule has 0 saturated heterocycles. The molecule has 0 aliphatic carbocycles. The van der Waals surface area contributed by atoms with Gasteiger partial charge in [0.15, 0.2) is 11.8 Å². The Morgan fingerprint density at radius 2 is 2.27 bits per heavy atom. The second kappa shape index (κ2) is 6.18. The zero-order valence-electron chi connectivity index (χ0n) is 11.4. The van der Waals surface area contributed by atoms with E-state index in [1.165, 1.54) is 18.2 Å². The molecule has 0 aliphatic heterocycles. The summed E-state index contributed by atoms with van der Waals surface area (Å²) in [7, 11) is 0. The normalized spacial score (nSPS) is 11.9. The highest BCUT2D eigenvalue weighted by Crippen LogP contribution is 2.32. The smallest absolute Gasteiger partial charge is 0.330 e. The maximum absolute atomic E-state index is 11.0. The lowest BCUT2D eigenvalue weighted by atomic mass is 10.2. The van der Waals surface area contributed by atoms with Gasteiger partial charge in [0.05, 0.1) is 11.5 Å². The first-order valence-electron chi connectivity index (χ1n) is 6.17. The molecule has 1 aromatic heterocycles. The van der Waals surface area contributed by atoms with Crippen molar-refractivity contribution in [2.45, 2.75) is 13.0 Å². The summed E-state index contributed by atoms with van der Waals surface area (Å²) < 4.78 is 10.3. The minimum absolute atomic E-state index is 0.0714. The van der Waals surface area contributed by atoms with Crippen molar-refractivity contribution in [2.75, 3.05) is 6.61 Å². The predicted molar refractivity (Wildman–Crippen MR) is 72.1 cm³/mol. The predicted octanol–water partition coefficient (Wildman–Crippen LogP) is 1.13. The number of nitro benzene ring substituents is 1. The topological polar surface area (TPSA) is 155 Å². The van der Waals surface area contributed by atoms with Crippen LogP contribution in [0.25, 0.3) is 11.5 Å². The Labute approximate surface area is 123 Å². The third kappa shape index (κ3) is 3.01. The fourth-order valence-electron chi connectivity index (χ4n) is 1.65. The van der Waals surface area contributed by atoms with Gasteiger partial charge in [0.25, 0.3) is 0 Å². The largest absolute Gasteiger partial charge is 0.487 e. The summed E-state index contributed by atoms with van der Waals surface area (Å²) in [5.41, 5.74) is 5.34. The summed E-state index contributed by atoms with van der Waals surface area (Å²) in [6.45, 7) is 1.98. The van der Waals surface area contributed by atoms with Gasteiger partial charge in [-0.3, -0.25) is 10.1 Å². The minimum Gasteiger partial charge on any atom is -0.487 e. The number of nitrogens with two attached hydrogens (primary N) is 1. The van der Waals surface area contributed by atoms with Gasteiger partial charge >= 0.3 is 11.7 Å². The molecule has 3 N–H and O–H groups in total. The van der Waals surface area contributed by atoms with E-state index in [-0.39, 0.29) is 35.4 Å². The van der Waals surface area contributed by atoms with Crippen molar-refractivity contribution in [2.24, 2.45) is 5.73 Å². The highest BCUT2D eigenvalue weighted by Gasteiger charge is 2.23. The molecular weight excluding hydrogens is 296 g/mol. The summed E-state index contributed by atoms with van der Waals surface area (Å²) >= 11 is 0. The number of nitrogens with zero attached hydrogens (tertiary/aromatic N) is 3. The summed E-state index contributed by atoms with van der Waals surface area (Å²) in [5, 5.41) is 27.0. The van der Waals surface area contributed by atoms with Crippen LogP contribution in [0.3, 0.4) is 0 Å². The van der Waals surface area contributed by atoms with Crippen LogP contribution in [-0.4, -0.2) is 32.8 Å². The number of carbonyl (C=O) groups is 1. The van der Waals surface area contributed by atoms with Crippen LogP contribution < -0.4 is 10.5 Å². The number of nitro groups is 1. The Kier molecular flexibility index (Phi) is 4.32. The molecule has 10 heteroatoms. The summed E-state index contributed by atoms with van der Waals surface area (Å²) in [6, 6.07) is 2.63. The van der Waals surface area contributed by atoms with E-state index in [4.69, 9.17) is 20.0 Å². The van der Waals surface area contributed by atoms with E-state index in [2.05, 4.69) is 10.2 Å². The first-order chi connectivity index (χ1) is 10.4. The fourth-order valence-corrected chi connectivity index (χ4v) is 1.65. The molecule has 0 amide bonds. The van der Waals surface area contributed by atoms with Gasteiger partial charge in [0.2, 0.25) is 11.8 Å². The highest BCUT2D eigenvalue weighted by atomic mass is 16.6. The van der Waals surface area contributed by atoms with Gasteiger partial charge in [-0.2, -0.15) is 0 Å². The van der Waals surface area contributed by atoms with E-state index in [9.17, 15) is 14.9 Å². The Bertz CT molecular complexity index is 713. The first-order valence-corrected chi connectivity index (χ1v) is 6.17. The molecule has 2 aromatic rings. The zero-order chi connectivity index (χ0) is 16.3. The minimum atomic E-state index is -1.46. The van der Waals surface area contributed by atoms with Crippen molar-refractivity contribution in [3.63, 3.8) is 0 Å². The molecule has 0 fully saturated rings. The van der Waals surface area contributed by atoms with Crippen molar-refractivity contribution in [3.8, 4) is 17.2 Å². The molecule has 1 heterocycles. The molecule has 22 heavy (non-hydrogen) atoms. The number of hydrogen-bond donors (Lipinski definition) is 2. The van der Waals surface area contributed by atoms with Crippen LogP contribution in [0.5, 0.6) is 5.75 Å². The van der Waals surface area contributed by atoms with E-state index >= 15 is 0 Å². The number of rotatable bonds is 6. The summed E-state index contributed by atoms with van der Waals surface area (Å²) in [6.07, 6.45) is 0. The number of hydrogen-bond acceptors (Lipinski definition) is 8. The molecule has 0 radical (unpaired) electrons. The fraction of sp³-hybridized carbons (Fsp3) is 0.250. The molecule has 0 spiro atoms. The number of benzene rings is 1. The monoisotopic (exact) mass is 308 g/mol. The van der Waals surface area contributed by atoms with Crippen LogP contribution in [0, 0.1) is 10.1 Å².